The van der Waals surface area contributed by atoms with E-state index in [1.54, 1.807) is 13.8 Å². The molecule has 172 valence electrons. The first-order chi connectivity index (χ1) is 16.5. The van der Waals surface area contributed by atoms with Gasteiger partial charge in [-0.1, -0.05) is 105 Å². The van der Waals surface area contributed by atoms with Crippen molar-refractivity contribution in [3.05, 3.63) is 113 Å². The summed E-state index contributed by atoms with van der Waals surface area (Å²) in [6.45, 7) is 3.74. The van der Waals surface area contributed by atoms with E-state index in [2.05, 4.69) is 4.99 Å². The first-order valence-corrected chi connectivity index (χ1v) is 11.5. The van der Waals surface area contributed by atoms with Gasteiger partial charge in [-0.2, -0.15) is 4.99 Å². The molecule has 34 heavy (non-hydrogen) atoms. The van der Waals surface area contributed by atoms with Crippen molar-refractivity contribution in [3.8, 4) is 0 Å². The van der Waals surface area contributed by atoms with Crippen molar-refractivity contribution in [3.63, 3.8) is 0 Å². The van der Waals surface area contributed by atoms with Crippen LogP contribution in [0.5, 0.6) is 0 Å². The zero-order chi connectivity index (χ0) is 23.9. The summed E-state index contributed by atoms with van der Waals surface area (Å²) in [6, 6.07) is 29.3. The Morgan fingerprint density at radius 1 is 0.941 bits per heavy atom. The molecule has 1 fully saturated rings. The maximum absolute atomic E-state index is 13.4. The molecule has 2 amide bonds. The molecule has 0 aliphatic carbocycles. The van der Waals surface area contributed by atoms with Gasteiger partial charge >= 0.3 is 6.09 Å². The second-order valence-electron chi connectivity index (χ2n) is 8.54. The number of amides is 2. The van der Waals surface area contributed by atoms with Crippen LogP contribution >= 0.6 is 0 Å². The molecule has 3 aromatic carbocycles. The fourth-order valence-electron chi connectivity index (χ4n) is 3.89. The molecule has 1 saturated heterocycles. The van der Waals surface area contributed by atoms with Gasteiger partial charge in [0, 0.05) is 24.0 Å². The Morgan fingerprint density at radius 3 is 2.15 bits per heavy atom. The lowest BCUT2D eigenvalue weighted by Crippen LogP contribution is -2.32. The monoisotopic (exact) mass is 452 g/mol. The van der Waals surface area contributed by atoms with Crippen molar-refractivity contribution >= 4 is 23.9 Å². The summed E-state index contributed by atoms with van der Waals surface area (Å²) in [6.07, 6.45) is 1.87. The zero-order valence-corrected chi connectivity index (χ0v) is 19.4. The third-order valence-electron chi connectivity index (χ3n) is 5.70. The SMILES string of the molecule is CC(C)C(=O)N=C1CC(c2ccccc2)/C(=C/c2ccccc2)N1C(=O)OCc1ccccc1. The van der Waals surface area contributed by atoms with Gasteiger partial charge in [-0.25, -0.2) is 9.69 Å². The fourth-order valence-corrected chi connectivity index (χ4v) is 3.89. The summed E-state index contributed by atoms with van der Waals surface area (Å²) in [4.78, 5) is 31.8. The second kappa shape index (κ2) is 10.8. The minimum Gasteiger partial charge on any atom is -0.444 e. The van der Waals surface area contributed by atoms with Gasteiger partial charge in [0.1, 0.15) is 12.4 Å². The van der Waals surface area contributed by atoms with Crippen LogP contribution in [0.15, 0.2) is 102 Å². The van der Waals surface area contributed by atoms with Crippen molar-refractivity contribution in [1.29, 1.82) is 0 Å². The van der Waals surface area contributed by atoms with Crippen molar-refractivity contribution < 1.29 is 14.3 Å². The minimum absolute atomic E-state index is 0.135. The second-order valence-corrected chi connectivity index (χ2v) is 8.54. The third-order valence-corrected chi connectivity index (χ3v) is 5.70. The van der Waals surface area contributed by atoms with Crippen LogP contribution < -0.4 is 0 Å². The Bertz CT molecular complexity index is 1190. The highest BCUT2D eigenvalue weighted by molar-refractivity contribution is 6.06. The van der Waals surface area contributed by atoms with Gasteiger partial charge in [0.25, 0.3) is 0 Å². The van der Waals surface area contributed by atoms with E-state index in [1.807, 2.05) is 97.1 Å². The summed E-state index contributed by atoms with van der Waals surface area (Å²) < 4.78 is 5.69. The maximum Gasteiger partial charge on any atom is 0.420 e. The van der Waals surface area contributed by atoms with Gasteiger partial charge in [-0.3, -0.25) is 4.79 Å². The van der Waals surface area contributed by atoms with Crippen molar-refractivity contribution in [2.45, 2.75) is 32.8 Å². The quantitative estimate of drug-likeness (QED) is 0.448. The van der Waals surface area contributed by atoms with Crippen LogP contribution in [-0.2, 0) is 16.1 Å². The Labute approximate surface area is 200 Å². The van der Waals surface area contributed by atoms with Crippen molar-refractivity contribution in [2.75, 3.05) is 0 Å². The standard InChI is InChI=1S/C29H28N2O3/c1-21(2)28(32)30-27-19-25(24-16-10-5-11-17-24)26(18-22-12-6-3-7-13-22)31(27)29(33)34-20-23-14-8-4-9-15-23/h3-18,21,25H,19-20H2,1-2H3/b26-18-,30-27?. The number of carbonyl (C=O) groups excluding carboxylic acids is 2. The lowest BCUT2D eigenvalue weighted by molar-refractivity contribution is -0.120. The molecule has 0 N–H and O–H groups in total. The van der Waals surface area contributed by atoms with Gasteiger partial charge in [0.15, 0.2) is 0 Å². The molecule has 3 aromatic rings. The predicted octanol–water partition coefficient (Wildman–Crippen LogP) is 6.43. The lowest BCUT2D eigenvalue weighted by atomic mass is 9.94. The number of nitrogens with zero attached hydrogens (tertiary/aromatic N) is 2. The molecule has 0 bridgehead atoms. The minimum atomic E-state index is -0.542. The van der Waals surface area contributed by atoms with E-state index in [9.17, 15) is 9.59 Å². The topological polar surface area (TPSA) is 59.0 Å². The number of hydrogen-bond acceptors (Lipinski definition) is 3. The number of benzene rings is 3. The summed E-state index contributed by atoms with van der Waals surface area (Å²) >= 11 is 0. The predicted molar refractivity (Wildman–Crippen MR) is 134 cm³/mol. The molecular formula is C29H28N2O3. The van der Waals surface area contributed by atoms with E-state index in [0.29, 0.717) is 12.3 Å². The summed E-state index contributed by atoms with van der Waals surface area (Å²) in [5.41, 5.74) is 3.63. The van der Waals surface area contributed by atoms with Crippen LogP contribution in [-0.4, -0.2) is 22.7 Å². The molecule has 0 radical (unpaired) electrons. The fraction of sp³-hybridized carbons (Fsp3) is 0.207. The molecular weight excluding hydrogens is 424 g/mol. The number of amidine groups is 1. The van der Waals surface area contributed by atoms with E-state index in [0.717, 1.165) is 22.4 Å². The summed E-state index contributed by atoms with van der Waals surface area (Å²) in [5.74, 6) is -0.257. The zero-order valence-electron chi connectivity index (χ0n) is 19.4. The largest absolute Gasteiger partial charge is 0.444 e. The van der Waals surface area contributed by atoms with Gasteiger partial charge in [0.2, 0.25) is 5.91 Å². The molecule has 0 spiro atoms. The smallest absolute Gasteiger partial charge is 0.420 e. The molecule has 0 aromatic heterocycles. The summed E-state index contributed by atoms with van der Waals surface area (Å²) in [7, 11) is 0. The van der Waals surface area contributed by atoms with Crippen molar-refractivity contribution in [1.82, 2.24) is 4.90 Å². The van der Waals surface area contributed by atoms with E-state index < -0.39 is 6.09 Å². The molecule has 1 atom stereocenters. The lowest BCUT2D eigenvalue weighted by Gasteiger charge is -2.21. The number of likely N-dealkylation sites (tertiary alicyclic amines) is 1. The Kier molecular flexibility index (Phi) is 7.33. The third kappa shape index (κ3) is 5.49. The van der Waals surface area contributed by atoms with Crippen LogP contribution in [0.4, 0.5) is 4.79 Å². The molecule has 1 unspecified atom stereocenters. The highest BCUT2D eigenvalue weighted by Crippen LogP contribution is 2.40. The number of ether oxygens (including phenoxy) is 1. The van der Waals surface area contributed by atoms with Crippen LogP contribution in [0.3, 0.4) is 0 Å². The number of allylic oxidation sites excluding steroid dienone is 1. The van der Waals surface area contributed by atoms with Crippen LogP contribution in [0.25, 0.3) is 6.08 Å². The molecule has 5 heteroatoms. The number of hydrogen-bond donors (Lipinski definition) is 0. The van der Waals surface area contributed by atoms with Gasteiger partial charge in [-0.15, -0.1) is 0 Å². The first kappa shape index (κ1) is 23.2. The summed E-state index contributed by atoms with van der Waals surface area (Å²) in [5, 5.41) is 0. The van der Waals surface area contributed by atoms with E-state index >= 15 is 0 Å². The molecule has 5 nitrogen and oxygen atoms in total. The van der Waals surface area contributed by atoms with E-state index in [-0.39, 0.29) is 24.3 Å². The molecule has 4 rings (SSSR count). The molecule has 1 aliphatic rings. The normalized spacial score (nSPS) is 18.0. The van der Waals surface area contributed by atoms with Crippen molar-refractivity contribution in [2.24, 2.45) is 10.9 Å². The average molecular weight is 453 g/mol. The maximum atomic E-state index is 13.4. The van der Waals surface area contributed by atoms with Crippen LogP contribution in [0.1, 0.15) is 42.9 Å². The Hall–Kier alpha value is -3.99. The molecule has 1 heterocycles. The number of rotatable bonds is 5. The van der Waals surface area contributed by atoms with Gasteiger partial charge in [-0.05, 0) is 22.8 Å². The number of carbonyl (C=O) groups is 2. The number of aliphatic imine (C=N–C) groups is 1. The van der Waals surface area contributed by atoms with Gasteiger partial charge in [0.05, 0.1) is 0 Å². The Morgan fingerprint density at radius 2 is 1.53 bits per heavy atom. The molecule has 1 aliphatic heterocycles. The Balaban J connectivity index is 1.76. The first-order valence-electron chi connectivity index (χ1n) is 11.5. The van der Waals surface area contributed by atoms with E-state index in [1.165, 1.54) is 4.90 Å². The highest BCUT2D eigenvalue weighted by Gasteiger charge is 2.39. The van der Waals surface area contributed by atoms with Crippen LogP contribution in [0.2, 0.25) is 0 Å². The molecule has 0 saturated carbocycles. The average Bonchev–Trinajstić information content (AvgIpc) is 3.21. The van der Waals surface area contributed by atoms with E-state index in [4.69, 9.17) is 4.74 Å². The van der Waals surface area contributed by atoms with Gasteiger partial charge < -0.3 is 4.74 Å². The highest BCUT2D eigenvalue weighted by atomic mass is 16.6. The van der Waals surface area contributed by atoms with Crippen LogP contribution in [0, 0.1) is 5.92 Å².